The number of ether oxygens (including phenoxy) is 1. The maximum absolute atomic E-state index is 13.3. The van der Waals surface area contributed by atoms with Gasteiger partial charge in [0.05, 0.1) is 24.9 Å². The summed E-state index contributed by atoms with van der Waals surface area (Å²) in [5.74, 6) is 0.465. The van der Waals surface area contributed by atoms with Crippen molar-refractivity contribution in [1.29, 1.82) is 0 Å². The molecule has 0 spiro atoms. The zero-order valence-corrected chi connectivity index (χ0v) is 19.7. The van der Waals surface area contributed by atoms with Crippen LogP contribution in [0, 0.1) is 12.7 Å². The van der Waals surface area contributed by atoms with Gasteiger partial charge in [-0.25, -0.2) is 9.07 Å². The molecule has 0 N–H and O–H groups in total. The molecule has 8 heteroatoms. The van der Waals surface area contributed by atoms with Gasteiger partial charge in [-0.15, -0.1) is 0 Å². The van der Waals surface area contributed by atoms with E-state index in [2.05, 4.69) is 22.1 Å². The van der Waals surface area contributed by atoms with E-state index >= 15 is 0 Å². The molecule has 174 valence electrons. The van der Waals surface area contributed by atoms with Gasteiger partial charge in [-0.3, -0.25) is 9.69 Å². The first kappa shape index (κ1) is 23.3. The quantitative estimate of drug-likeness (QED) is 0.536. The Balaban J connectivity index is 1.41. The number of hydrogen-bond acceptors (Lipinski definition) is 4. The number of aromatic nitrogens is 2. The first-order valence-electron chi connectivity index (χ1n) is 11.1. The molecule has 1 aliphatic rings. The molecule has 0 aliphatic carbocycles. The number of rotatable bonds is 6. The standard InChI is InChI=1S/C25H28ClFN4O2/c1-18-23(24(26)31(28-18)17-20-4-8-21(27)9-5-20)25(32)30-13-3-12-29(14-15-30)16-19-6-10-22(33-2)11-7-19/h4-11H,3,12-17H2,1-2H3. The minimum Gasteiger partial charge on any atom is -0.497 e. The van der Waals surface area contributed by atoms with Crippen molar-refractivity contribution < 1.29 is 13.9 Å². The van der Waals surface area contributed by atoms with Gasteiger partial charge in [0.1, 0.15) is 16.7 Å². The van der Waals surface area contributed by atoms with Gasteiger partial charge in [-0.05, 0) is 48.7 Å². The number of carbonyl (C=O) groups is 1. The van der Waals surface area contributed by atoms with Gasteiger partial charge in [-0.1, -0.05) is 35.9 Å². The number of halogens is 2. The van der Waals surface area contributed by atoms with Crippen LogP contribution in [-0.2, 0) is 13.1 Å². The molecule has 33 heavy (non-hydrogen) atoms. The lowest BCUT2D eigenvalue weighted by molar-refractivity contribution is 0.0760. The highest BCUT2D eigenvalue weighted by molar-refractivity contribution is 6.33. The Bertz CT molecular complexity index is 1100. The fraction of sp³-hybridized carbons (Fsp3) is 0.360. The molecular weight excluding hydrogens is 443 g/mol. The van der Waals surface area contributed by atoms with Gasteiger partial charge in [-0.2, -0.15) is 5.10 Å². The Morgan fingerprint density at radius 1 is 1.00 bits per heavy atom. The van der Waals surface area contributed by atoms with E-state index in [1.54, 1.807) is 30.8 Å². The second-order valence-electron chi connectivity index (χ2n) is 8.31. The Hall–Kier alpha value is -2.90. The van der Waals surface area contributed by atoms with E-state index < -0.39 is 0 Å². The Morgan fingerprint density at radius 2 is 1.67 bits per heavy atom. The van der Waals surface area contributed by atoms with E-state index in [0.29, 0.717) is 36.0 Å². The Morgan fingerprint density at radius 3 is 2.36 bits per heavy atom. The molecule has 3 aromatic rings. The molecular formula is C25H28ClFN4O2. The van der Waals surface area contributed by atoms with Crippen LogP contribution in [-0.4, -0.2) is 58.8 Å². The molecule has 0 atom stereocenters. The molecule has 6 nitrogen and oxygen atoms in total. The fourth-order valence-electron chi connectivity index (χ4n) is 4.14. The first-order valence-corrected chi connectivity index (χ1v) is 11.4. The number of carbonyl (C=O) groups excluding carboxylic acids is 1. The summed E-state index contributed by atoms with van der Waals surface area (Å²) in [5, 5.41) is 4.80. The summed E-state index contributed by atoms with van der Waals surface area (Å²) in [7, 11) is 1.66. The van der Waals surface area contributed by atoms with Crippen molar-refractivity contribution in [3.05, 3.63) is 81.9 Å². The molecule has 1 amide bonds. The maximum Gasteiger partial charge on any atom is 0.258 e. The van der Waals surface area contributed by atoms with Crippen LogP contribution in [0.1, 0.15) is 33.6 Å². The van der Waals surface area contributed by atoms with Crippen molar-refractivity contribution >= 4 is 17.5 Å². The highest BCUT2D eigenvalue weighted by Gasteiger charge is 2.27. The van der Waals surface area contributed by atoms with Crippen LogP contribution >= 0.6 is 11.6 Å². The van der Waals surface area contributed by atoms with E-state index in [-0.39, 0.29) is 11.7 Å². The predicted molar refractivity (Wildman–Crippen MR) is 126 cm³/mol. The minimum absolute atomic E-state index is 0.0887. The van der Waals surface area contributed by atoms with Crippen LogP contribution in [0.3, 0.4) is 0 Å². The zero-order valence-electron chi connectivity index (χ0n) is 18.9. The molecule has 0 saturated carbocycles. The third-order valence-electron chi connectivity index (χ3n) is 5.97. The summed E-state index contributed by atoms with van der Waals surface area (Å²) in [6.45, 7) is 6.04. The topological polar surface area (TPSA) is 50.6 Å². The van der Waals surface area contributed by atoms with Crippen molar-refractivity contribution in [3.63, 3.8) is 0 Å². The number of hydrogen-bond donors (Lipinski definition) is 0. The molecule has 0 bridgehead atoms. The third-order valence-corrected chi connectivity index (χ3v) is 6.35. The molecule has 1 aliphatic heterocycles. The van der Waals surface area contributed by atoms with Gasteiger partial charge < -0.3 is 9.64 Å². The average molecular weight is 471 g/mol. The smallest absolute Gasteiger partial charge is 0.258 e. The van der Waals surface area contributed by atoms with E-state index in [1.165, 1.54) is 17.7 Å². The molecule has 1 aromatic heterocycles. The summed E-state index contributed by atoms with van der Waals surface area (Å²) in [6.07, 6.45) is 0.891. The number of aryl methyl sites for hydroxylation is 1. The van der Waals surface area contributed by atoms with Gasteiger partial charge in [0.2, 0.25) is 0 Å². The number of methoxy groups -OCH3 is 1. The summed E-state index contributed by atoms with van der Waals surface area (Å²) in [5.41, 5.74) is 3.13. The number of benzene rings is 2. The lowest BCUT2D eigenvalue weighted by Crippen LogP contribution is -2.35. The van der Waals surface area contributed by atoms with Crippen molar-refractivity contribution in [2.75, 3.05) is 33.3 Å². The Labute approximate surface area is 198 Å². The van der Waals surface area contributed by atoms with Crippen LogP contribution in [0.15, 0.2) is 48.5 Å². The minimum atomic E-state index is -0.292. The van der Waals surface area contributed by atoms with E-state index in [4.69, 9.17) is 16.3 Å². The molecule has 0 unspecified atom stereocenters. The largest absolute Gasteiger partial charge is 0.497 e. The van der Waals surface area contributed by atoms with Gasteiger partial charge in [0, 0.05) is 32.7 Å². The fourth-order valence-corrected chi connectivity index (χ4v) is 4.46. The lowest BCUT2D eigenvalue weighted by atomic mass is 10.2. The summed E-state index contributed by atoms with van der Waals surface area (Å²) < 4.78 is 20.0. The first-order chi connectivity index (χ1) is 15.9. The highest BCUT2D eigenvalue weighted by Crippen LogP contribution is 2.24. The summed E-state index contributed by atoms with van der Waals surface area (Å²) in [4.78, 5) is 17.6. The van der Waals surface area contributed by atoms with Gasteiger partial charge in [0.25, 0.3) is 5.91 Å². The molecule has 0 radical (unpaired) electrons. The second kappa shape index (κ2) is 10.4. The SMILES string of the molecule is COc1ccc(CN2CCCN(C(=O)c3c(C)nn(Cc4ccc(F)cc4)c3Cl)CC2)cc1. The van der Waals surface area contributed by atoms with Crippen molar-refractivity contribution in [3.8, 4) is 5.75 Å². The average Bonchev–Trinajstić information content (AvgIpc) is 2.96. The number of amides is 1. The molecule has 4 rings (SSSR count). The molecule has 1 saturated heterocycles. The van der Waals surface area contributed by atoms with Crippen LogP contribution in [0.2, 0.25) is 5.15 Å². The number of nitrogens with zero attached hydrogens (tertiary/aromatic N) is 4. The predicted octanol–water partition coefficient (Wildman–Crippen LogP) is 4.39. The van der Waals surface area contributed by atoms with Gasteiger partial charge in [0.15, 0.2) is 0 Å². The molecule has 2 heterocycles. The van der Waals surface area contributed by atoms with Crippen LogP contribution < -0.4 is 4.74 Å². The highest BCUT2D eigenvalue weighted by atomic mass is 35.5. The van der Waals surface area contributed by atoms with E-state index in [9.17, 15) is 9.18 Å². The van der Waals surface area contributed by atoms with Crippen molar-refractivity contribution in [2.24, 2.45) is 0 Å². The third kappa shape index (κ3) is 5.54. The summed E-state index contributed by atoms with van der Waals surface area (Å²) in [6, 6.07) is 14.3. The summed E-state index contributed by atoms with van der Waals surface area (Å²) >= 11 is 6.58. The molecule has 1 fully saturated rings. The monoisotopic (exact) mass is 470 g/mol. The van der Waals surface area contributed by atoms with Gasteiger partial charge >= 0.3 is 0 Å². The molecule has 2 aromatic carbocycles. The van der Waals surface area contributed by atoms with E-state index in [0.717, 1.165) is 37.4 Å². The van der Waals surface area contributed by atoms with Crippen LogP contribution in [0.25, 0.3) is 0 Å². The normalized spacial score (nSPS) is 14.8. The van der Waals surface area contributed by atoms with Crippen LogP contribution in [0.5, 0.6) is 5.75 Å². The second-order valence-corrected chi connectivity index (χ2v) is 8.66. The van der Waals surface area contributed by atoms with Crippen molar-refractivity contribution in [2.45, 2.75) is 26.4 Å². The lowest BCUT2D eigenvalue weighted by Gasteiger charge is -2.22. The Kier molecular flexibility index (Phi) is 7.30. The van der Waals surface area contributed by atoms with E-state index in [1.807, 2.05) is 17.0 Å². The van der Waals surface area contributed by atoms with Crippen LogP contribution in [0.4, 0.5) is 4.39 Å². The zero-order chi connectivity index (χ0) is 23.4. The van der Waals surface area contributed by atoms with Crippen molar-refractivity contribution in [1.82, 2.24) is 19.6 Å². The maximum atomic E-state index is 13.3.